The molecule has 1 aliphatic carbocycles. The monoisotopic (exact) mass is 259 g/mol. The molecule has 13 heavy (non-hydrogen) atoms. The standard InChI is InChI=1S/C10H14BrNS/c1-2-3-8-9(6-11)13-10(12-8)7-4-5-7/h7H,2-6H2,1H3. The van der Waals surface area contributed by atoms with E-state index in [4.69, 9.17) is 4.98 Å². The maximum atomic E-state index is 4.72. The van der Waals surface area contributed by atoms with E-state index in [1.165, 1.54) is 34.8 Å². The van der Waals surface area contributed by atoms with Gasteiger partial charge in [-0.25, -0.2) is 4.98 Å². The van der Waals surface area contributed by atoms with Gasteiger partial charge in [0.2, 0.25) is 0 Å². The van der Waals surface area contributed by atoms with E-state index in [1.54, 1.807) is 0 Å². The summed E-state index contributed by atoms with van der Waals surface area (Å²) in [4.78, 5) is 6.17. The number of hydrogen-bond donors (Lipinski definition) is 0. The molecule has 1 aromatic heterocycles. The second kappa shape index (κ2) is 4.09. The van der Waals surface area contributed by atoms with E-state index < -0.39 is 0 Å². The highest BCUT2D eigenvalue weighted by molar-refractivity contribution is 9.08. The van der Waals surface area contributed by atoms with Crippen LogP contribution in [0.3, 0.4) is 0 Å². The Balaban J connectivity index is 2.20. The van der Waals surface area contributed by atoms with Gasteiger partial charge in [0.25, 0.3) is 0 Å². The van der Waals surface area contributed by atoms with Crippen molar-refractivity contribution in [1.82, 2.24) is 4.98 Å². The first-order chi connectivity index (χ1) is 6.35. The lowest BCUT2D eigenvalue weighted by molar-refractivity contribution is 0.871. The number of halogens is 1. The molecule has 1 nitrogen and oxygen atoms in total. The van der Waals surface area contributed by atoms with Crippen LogP contribution in [0.2, 0.25) is 0 Å². The highest BCUT2D eigenvalue weighted by Gasteiger charge is 2.27. The predicted octanol–water partition coefficient (Wildman–Crippen LogP) is 3.87. The number of hydrogen-bond acceptors (Lipinski definition) is 2. The van der Waals surface area contributed by atoms with Crippen LogP contribution in [0.5, 0.6) is 0 Å². The molecular formula is C10H14BrNS. The summed E-state index contributed by atoms with van der Waals surface area (Å²) in [6.45, 7) is 2.22. The largest absolute Gasteiger partial charge is 0.246 e. The molecule has 0 radical (unpaired) electrons. The minimum atomic E-state index is 0.813. The molecule has 0 saturated heterocycles. The van der Waals surface area contributed by atoms with Gasteiger partial charge in [0.15, 0.2) is 0 Å². The Kier molecular flexibility index (Phi) is 3.04. The van der Waals surface area contributed by atoms with Gasteiger partial charge in [0.1, 0.15) is 0 Å². The first-order valence-electron chi connectivity index (χ1n) is 4.89. The lowest BCUT2D eigenvalue weighted by Gasteiger charge is -1.93. The molecule has 0 aromatic carbocycles. The third kappa shape index (κ3) is 2.13. The van der Waals surface area contributed by atoms with Gasteiger partial charge in [0, 0.05) is 16.1 Å². The number of rotatable bonds is 4. The summed E-state index contributed by atoms with van der Waals surface area (Å²) < 4.78 is 0. The SMILES string of the molecule is CCCc1nc(C2CC2)sc1CBr. The van der Waals surface area contributed by atoms with E-state index in [0.29, 0.717) is 0 Å². The van der Waals surface area contributed by atoms with E-state index in [2.05, 4.69) is 22.9 Å². The molecule has 0 unspecified atom stereocenters. The average molecular weight is 260 g/mol. The lowest BCUT2D eigenvalue weighted by atomic mass is 10.2. The van der Waals surface area contributed by atoms with Gasteiger partial charge >= 0.3 is 0 Å². The van der Waals surface area contributed by atoms with E-state index in [9.17, 15) is 0 Å². The third-order valence-corrected chi connectivity index (χ3v) is 4.52. The maximum absolute atomic E-state index is 4.72. The summed E-state index contributed by atoms with van der Waals surface area (Å²) in [6.07, 6.45) is 5.07. The van der Waals surface area contributed by atoms with Gasteiger partial charge in [-0.15, -0.1) is 11.3 Å². The van der Waals surface area contributed by atoms with Gasteiger partial charge in [-0.05, 0) is 19.3 Å². The van der Waals surface area contributed by atoms with Crippen LogP contribution in [-0.2, 0) is 11.8 Å². The fraction of sp³-hybridized carbons (Fsp3) is 0.700. The van der Waals surface area contributed by atoms with Gasteiger partial charge in [-0.2, -0.15) is 0 Å². The topological polar surface area (TPSA) is 12.9 Å². The van der Waals surface area contributed by atoms with Crippen molar-refractivity contribution < 1.29 is 0 Å². The van der Waals surface area contributed by atoms with Crippen LogP contribution in [0, 0.1) is 0 Å². The molecular weight excluding hydrogens is 246 g/mol. The first-order valence-corrected chi connectivity index (χ1v) is 6.83. The molecule has 3 heteroatoms. The Labute approximate surface area is 91.7 Å². The number of aromatic nitrogens is 1. The van der Waals surface area contributed by atoms with Crippen LogP contribution in [0.15, 0.2) is 0 Å². The average Bonchev–Trinajstić information content (AvgIpc) is 2.90. The van der Waals surface area contributed by atoms with Gasteiger partial charge in [-0.3, -0.25) is 0 Å². The lowest BCUT2D eigenvalue weighted by Crippen LogP contribution is -1.88. The highest BCUT2D eigenvalue weighted by atomic mass is 79.9. The van der Waals surface area contributed by atoms with Crippen LogP contribution in [0.4, 0.5) is 0 Å². The van der Waals surface area contributed by atoms with Crippen LogP contribution in [0.25, 0.3) is 0 Å². The smallest absolute Gasteiger partial charge is 0.0962 e. The summed E-state index contributed by atoms with van der Waals surface area (Å²) in [6, 6.07) is 0. The molecule has 1 aliphatic rings. The van der Waals surface area contributed by atoms with E-state index >= 15 is 0 Å². The van der Waals surface area contributed by atoms with E-state index in [1.807, 2.05) is 11.3 Å². The summed E-state index contributed by atoms with van der Waals surface area (Å²) in [5.74, 6) is 0.813. The van der Waals surface area contributed by atoms with Crippen molar-refractivity contribution in [2.45, 2.75) is 43.9 Å². The minimum absolute atomic E-state index is 0.813. The normalized spacial score (nSPS) is 16.5. The zero-order chi connectivity index (χ0) is 9.26. The minimum Gasteiger partial charge on any atom is -0.246 e. The second-order valence-corrected chi connectivity index (χ2v) is 5.26. The summed E-state index contributed by atoms with van der Waals surface area (Å²) >= 11 is 5.44. The fourth-order valence-electron chi connectivity index (χ4n) is 1.44. The molecule has 1 saturated carbocycles. The van der Waals surface area contributed by atoms with Crippen molar-refractivity contribution in [2.75, 3.05) is 0 Å². The molecule has 1 aromatic rings. The maximum Gasteiger partial charge on any atom is 0.0962 e. The number of nitrogens with zero attached hydrogens (tertiary/aromatic N) is 1. The van der Waals surface area contributed by atoms with Gasteiger partial charge in [0.05, 0.1) is 10.7 Å². The predicted molar refractivity (Wildman–Crippen MR) is 60.7 cm³/mol. The quantitative estimate of drug-likeness (QED) is 0.749. The molecule has 2 rings (SSSR count). The number of thiazole rings is 1. The molecule has 1 fully saturated rings. The zero-order valence-corrected chi connectivity index (χ0v) is 10.2. The van der Waals surface area contributed by atoms with Gasteiger partial charge in [-0.1, -0.05) is 29.3 Å². The van der Waals surface area contributed by atoms with Crippen molar-refractivity contribution in [3.8, 4) is 0 Å². The molecule has 0 spiro atoms. The highest BCUT2D eigenvalue weighted by Crippen LogP contribution is 2.43. The Morgan fingerprint density at radius 3 is 2.85 bits per heavy atom. The van der Waals surface area contributed by atoms with Gasteiger partial charge < -0.3 is 0 Å². The molecule has 0 N–H and O–H groups in total. The van der Waals surface area contributed by atoms with Crippen molar-refractivity contribution >= 4 is 27.3 Å². The molecule has 0 amide bonds. The second-order valence-electron chi connectivity index (χ2n) is 3.58. The van der Waals surface area contributed by atoms with Crippen LogP contribution in [-0.4, -0.2) is 4.98 Å². The van der Waals surface area contributed by atoms with Crippen LogP contribution in [0.1, 0.15) is 47.7 Å². The number of alkyl halides is 1. The molecule has 0 atom stereocenters. The van der Waals surface area contributed by atoms with Crippen LogP contribution < -0.4 is 0 Å². The fourth-order valence-corrected chi connectivity index (χ4v) is 3.24. The Morgan fingerprint density at radius 2 is 2.31 bits per heavy atom. The van der Waals surface area contributed by atoms with Crippen molar-refractivity contribution in [3.63, 3.8) is 0 Å². The summed E-state index contributed by atoms with van der Waals surface area (Å²) in [5.41, 5.74) is 1.34. The van der Waals surface area contributed by atoms with Crippen molar-refractivity contribution in [2.24, 2.45) is 0 Å². The Hall–Kier alpha value is 0.110. The van der Waals surface area contributed by atoms with Crippen molar-refractivity contribution in [3.05, 3.63) is 15.6 Å². The molecule has 72 valence electrons. The first kappa shape index (κ1) is 9.66. The van der Waals surface area contributed by atoms with Crippen LogP contribution >= 0.6 is 27.3 Å². The summed E-state index contributed by atoms with van der Waals surface area (Å²) in [5, 5.41) is 2.37. The Bertz CT molecular complexity index is 291. The van der Waals surface area contributed by atoms with E-state index in [-0.39, 0.29) is 0 Å². The molecule has 0 aliphatic heterocycles. The van der Waals surface area contributed by atoms with E-state index in [0.717, 1.165) is 17.7 Å². The summed E-state index contributed by atoms with van der Waals surface area (Å²) in [7, 11) is 0. The molecule has 1 heterocycles. The zero-order valence-electron chi connectivity index (χ0n) is 7.85. The number of aryl methyl sites for hydroxylation is 1. The third-order valence-electron chi connectivity index (χ3n) is 2.33. The molecule has 0 bridgehead atoms. The Morgan fingerprint density at radius 1 is 1.54 bits per heavy atom. The van der Waals surface area contributed by atoms with Crippen molar-refractivity contribution in [1.29, 1.82) is 0 Å².